The van der Waals surface area contributed by atoms with Gasteiger partial charge in [-0.05, 0) is 24.1 Å². The third kappa shape index (κ3) is 5.71. The van der Waals surface area contributed by atoms with Crippen molar-refractivity contribution in [2.24, 2.45) is 5.10 Å². The number of aromatic amines is 1. The van der Waals surface area contributed by atoms with E-state index in [4.69, 9.17) is 4.74 Å². The summed E-state index contributed by atoms with van der Waals surface area (Å²) in [4.78, 5) is 23.2. The summed E-state index contributed by atoms with van der Waals surface area (Å²) in [6.45, 7) is 1.42. The predicted octanol–water partition coefficient (Wildman–Crippen LogP) is 3.42. The fraction of sp³-hybridized carbons (Fsp3) is 0.125. The lowest BCUT2D eigenvalue weighted by Gasteiger charge is -2.07. The Bertz CT molecular complexity index is 1320. The Morgan fingerprint density at radius 2 is 2.09 bits per heavy atom. The number of hydrogen-bond acceptors (Lipinski definition) is 7. The average molecular weight is 439 g/mol. The first-order valence-corrected chi connectivity index (χ1v) is 10.3. The summed E-state index contributed by atoms with van der Waals surface area (Å²) >= 11 is 0. The van der Waals surface area contributed by atoms with E-state index >= 15 is 0 Å². The summed E-state index contributed by atoms with van der Waals surface area (Å²) in [5, 5.41) is 13.5. The average Bonchev–Trinajstić information content (AvgIpc) is 3.36. The molecular formula is C24H21N7O2. The topological polar surface area (TPSA) is 121 Å². The molecule has 0 bridgehead atoms. The Labute approximate surface area is 190 Å². The van der Waals surface area contributed by atoms with Gasteiger partial charge in [-0.2, -0.15) is 10.4 Å². The molecule has 0 amide bonds. The van der Waals surface area contributed by atoms with Gasteiger partial charge in [0.15, 0.2) is 0 Å². The first kappa shape index (κ1) is 21.5. The molecular weight excluding hydrogens is 418 g/mol. The third-order valence-electron chi connectivity index (χ3n) is 4.71. The Balaban J connectivity index is 1.40. The first-order valence-electron chi connectivity index (χ1n) is 10.3. The van der Waals surface area contributed by atoms with Gasteiger partial charge in [0.2, 0.25) is 5.95 Å². The number of nitrogens with zero attached hydrogens (tertiary/aromatic N) is 5. The molecule has 4 aromatic rings. The lowest BCUT2D eigenvalue weighted by molar-refractivity contribution is 0.301. The Hall–Kier alpha value is -4.71. The molecule has 0 spiro atoms. The number of aromatic nitrogens is 4. The first-order chi connectivity index (χ1) is 16.2. The monoisotopic (exact) mass is 439 g/mol. The number of benzene rings is 2. The lowest BCUT2D eigenvalue weighted by atomic mass is 10.1. The number of hydrogen-bond donors (Lipinski definition) is 2. The number of nitrogens with one attached hydrogen (secondary N) is 2. The number of anilines is 1. The van der Waals surface area contributed by atoms with Gasteiger partial charge in [-0.15, -0.1) is 0 Å². The molecule has 0 saturated carbocycles. The van der Waals surface area contributed by atoms with E-state index in [1.165, 1.54) is 0 Å². The maximum absolute atomic E-state index is 12.3. The van der Waals surface area contributed by atoms with E-state index in [1.807, 2.05) is 59.3 Å². The van der Waals surface area contributed by atoms with Gasteiger partial charge >= 0.3 is 0 Å². The van der Waals surface area contributed by atoms with E-state index < -0.39 is 5.56 Å². The van der Waals surface area contributed by atoms with Gasteiger partial charge in [0, 0.05) is 24.5 Å². The second kappa shape index (κ2) is 10.5. The van der Waals surface area contributed by atoms with Crippen LogP contribution in [0.25, 0.3) is 11.3 Å². The molecule has 0 aliphatic carbocycles. The Morgan fingerprint density at radius 3 is 2.88 bits per heavy atom. The van der Waals surface area contributed by atoms with Crippen molar-refractivity contribution in [3.63, 3.8) is 0 Å². The van der Waals surface area contributed by atoms with Crippen molar-refractivity contribution in [3.05, 3.63) is 94.8 Å². The SMILES string of the molecule is N#Cc1c(-c2ccccc2)nc(NN=Cc2cccc(OCCCn3ccnc3)c2)[nH]c1=O. The van der Waals surface area contributed by atoms with Gasteiger partial charge in [0.05, 0.1) is 24.8 Å². The summed E-state index contributed by atoms with van der Waals surface area (Å²) in [6, 6.07) is 18.5. The molecule has 0 saturated heterocycles. The second-order valence-electron chi connectivity index (χ2n) is 7.06. The lowest BCUT2D eigenvalue weighted by Crippen LogP contribution is -2.16. The highest BCUT2D eigenvalue weighted by Gasteiger charge is 2.12. The largest absolute Gasteiger partial charge is 0.494 e. The molecule has 2 aromatic carbocycles. The maximum atomic E-state index is 12.3. The second-order valence-corrected chi connectivity index (χ2v) is 7.06. The highest BCUT2D eigenvalue weighted by Crippen LogP contribution is 2.19. The van der Waals surface area contributed by atoms with Crippen LogP contribution in [0.2, 0.25) is 0 Å². The van der Waals surface area contributed by atoms with Gasteiger partial charge in [0.1, 0.15) is 17.4 Å². The van der Waals surface area contributed by atoms with Gasteiger partial charge in [-0.25, -0.2) is 15.4 Å². The molecule has 2 N–H and O–H groups in total. The molecule has 0 radical (unpaired) electrons. The van der Waals surface area contributed by atoms with Gasteiger partial charge < -0.3 is 9.30 Å². The molecule has 4 rings (SSSR count). The summed E-state index contributed by atoms with van der Waals surface area (Å²) in [5.41, 5.74) is 3.93. The normalized spacial score (nSPS) is 10.8. The summed E-state index contributed by atoms with van der Waals surface area (Å²) < 4.78 is 7.81. The minimum atomic E-state index is -0.532. The predicted molar refractivity (Wildman–Crippen MR) is 125 cm³/mol. The highest BCUT2D eigenvalue weighted by atomic mass is 16.5. The molecule has 0 aliphatic rings. The van der Waals surface area contributed by atoms with Crippen molar-refractivity contribution in [1.82, 2.24) is 19.5 Å². The standard InChI is InChI=1S/C24H21N7O2/c25-15-21-22(19-7-2-1-3-8-19)28-24(29-23(21)32)30-27-16-18-6-4-9-20(14-18)33-13-5-11-31-12-10-26-17-31/h1-4,6-10,12,14,16-17H,5,11,13H2,(H2,28,29,30,32). The van der Waals surface area contributed by atoms with E-state index in [1.54, 1.807) is 30.9 Å². The van der Waals surface area contributed by atoms with Crippen molar-refractivity contribution in [2.75, 3.05) is 12.0 Å². The quantitative estimate of drug-likeness (QED) is 0.234. The van der Waals surface area contributed by atoms with Crippen LogP contribution < -0.4 is 15.7 Å². The number of rotatable bonds is 9. The summed E-state index contributed by atoms with van der Waals surface area (Å²) in [5.74, 6) is 0.877. The molecule has 0 aliphatic heterocycles. The van der Waals surface area contributed by atoms with Crippen LogP contribution in [0.4, 0.5) is 5.95 Å². The van der Waals surface area contributed by atoms with Crippen molar-refractivity contribution in [3.8, 4) is 23.1 Å². The summed E-state index contributed by atoms with van der Waals surface area (Å²) in [6.07, 6.45) is 7.91. The minimum Gasteiger partial charge on any atom is -0.494 e. The van der Waals surface area contributed by atoms with Crippen molar-refractivity contribution in [2.45, 2.75) is 13.0 Å². The molecule has 0 atom stereocenters. The van der Waals surface area contributed by atoms with Crippen LogP contribution in [-0.2, 0) is 6.54 Å². The van der Waals surface area contributed by atoms with Crippen molar-refractivity contribution < 1.29 is 4.74 Å². The fourth-order valence-corrected chi connectivity index (χ4v) is 3.14. The van der Waals surface area contributed by atoms with E-state index in [0.29, 0.717) is 17.9 Å². The van der Waals surface area contributed by atoms with E-state index in [2.05, 4.69) is 25.5 Å². The van der Waals surface area contributed by atoms with Crippen LogP contribution in [0.15, 0.2) is 83.2 Å². The van der Waals surface area contributed by atoms with Gasteiger partial charge in [0.25, 0.3) is 5.56 Å². The van der Waals surface area contributed by atoms with Crippen molar-refractivity contribution in [1.29, 1.82) is 5.26 Å². The number of nitriles is 1. The molecule has 2 heterocycles. The van der Waals surface area contributed by atoms with E-state index in [0.717, 1.165) is 24.3 Å². The minimum absolute atomic E-state index is 0.0476. The van der Waals surface area contributed by atoms with Crippen LogP contribution in [-0.4, -0.2) is 32.3 Å². The Morgan fingerprint density at radius 1 is 1.21 bits per heavy atom. The zero-order chi connectivity index (χ0) is 22.9. The van der Waals surface area contributed by atoms with E-state index in [9.17, 15) is 10.1 Å². The van der Waals surface area contributed by atoms with Crippen LogP contribution >= 0.6 is 0 Å². The number of aryl methyl sites for hydroxylation is 1. The fourth-order valence-electron chi connectivity index (χ4n) is 3.14. The number of hydrazone groups is 1. The molecule has 9 heteroatoms. The zero-order valence-corrected chi connectivity index (χ0v) is 17.7. The summed E-state index contributed by atoms with van der Waals surface area (Å²) in [7, 11) is 0. The van der Waals surface area contributed by atoms with Crippen LogP contribution in [0.5, 0.6) is 5.75 Å². The van der Waals surface area contributed by atoms with E-state index in [-0.39, 0.29) is 11.5 Å². The van der Waals surface area contributed by atoms with Crippen molar-refractivity contribution >= 4 is 12.2 Å². The van der Waals surface area contributed by atoms with Gasteiger partial charge in [-0.1, -0.05) is 42.5 Å². The van der Waals surface area contributed by atoms with Crippen LogP contribution in [0.3, 0.4) is 0 Å². The molecule has 9 nitrogen and oxygen atoms in total. The molecule has 0 unspecified atom stereocenters. The van der Waals surface area contributed by atoms with Crippen LogP contribution in [0, 0.1) is 11.3 Å². The number of ether oxygens (including phenoxy) is 1. The Kier molecular flexibility index (Phi) is 6.88. The molecule has 0 fully saturated rings. The highest BCUT2D eigenvalue weighted by molar-refractivity contribution is 5.80. The van der Waals surface area contributed by atoms with Crippen LogP contribution in [0.1, 0.15) is 17.5 Å². The number of H-pyrrole nitrogens is 1. The number of imidazole rings is 1. The third-order valence-corrected chi connectivity index (χ3v) is 4.71. The zero-order valence-electron chi connectivity index (χ0n) is 17.7. The maximum Gasteiger partial charge on any atom is 0.270 e. The molecule has 2 aromatic heterocycles. The van der Waals surface area contributed by atoms with Gasteiger partial charge in [-0.3, -0.25) is 9.78 Å². The molecule has 33 heavy (non-hydrogen) atoms. The molecule has 164 valence electrons. The smallest absolute Gasteiger partial charge is 0.270 e.